The maximum atomic E-state index is 13.5. The predicted octanol–water partition coefficient (Wildman–Crippen LogP) is 2.93. The van der Waals surface area contributed by atoms with E-state index in [-0.39, 0.29) is 17.2 Å². The summed E-state index contributed by atoms with van der Waals surface area (Å²) in [5, 5.41) is 3.49. The number of halogens is 2. The van der Waals surface area contributed by atoms with Crippen LogP contribution >= 0.6 is 11.8 Å². The summed E-state index contributed by atoms with van der Waals surface area (Å²) in [4.78, 5) is 14.1. The first-order valence-corrected chi connectivity index (χ1v) is 8.31. The zero-order chi connectivity index (χ0) is 15.6. The highest BCUT2D eigenvalue weighted by atomic mass is 32.2. The summed E-state index contributed by atoms with van der Waals surface area (Å²) in [6.45, 7) is 4.55. The topological polar surface area (TPSA) is 32.3 Å². The van der Waals surface area contributed by atoms with E-state index in [1.165, 1.54) is 6.07 Å². The van der Waals surface area contributed by atoms with Gasteiger partial charge < -0.3 is 4.90 Å². The molecule has 1 aliphatic rings. The molecule has 21 heavy (non-hydrogen) atoms. The van der Waals surface area contributed by atoms with Crippen LogP contribution < -0.4 is 5.32 Å². The van der Waals surface area contributed by atoms with Crippen molar-refractivity contribution < 1.29 is 13.6 Å². The first-order chi connectivity index (χ1) is 9.97. The number of thioether (sulfide) groups is 1. The quantitative estimate of drug-likeness (QED) is 0.907. The molecule has 2 rings (SSSR count). The number of hydrogen-bond acceptors (Lipinski definition) is 3. The molecule has 0 bridgehead atoms. The van der Waals surface area contributed by atoms with Crippen LogP contribution in [-0.4, -0.2) is 34.9 Å². The van der Waals surface area contributed by atoms with E-state index >= 15 is 0 Å². The Kier molecular flexibility index (Phi) is 5.22. The van der Waals surface area contributed by atoms with Gasteiger partial charge in [-0.25, -0.2) is 8.78 Å². The van der Waals surface area contributed by atoms with Crippen LogP contribution in [0.2, 0.25) is 0 Å². The molecule has 3 unspecified atom stereocenters. The molecule has 1 N–H and O–H groups in total. The van der Waals surface area contributed by atoms with Gasteiger partial charge in [0, 0.05) is 11.8 Å². The van der Waals surface area contributed by atoms with Gasteiger partial charge in [0.15, 0.2) is 11.6 Å². The van der Waals surface area contributed by atoms with E-state index in [0.29, 0.717) is 18.5 Å². The zero-order valence-corrected chi connectivity index (χ0v) is 13.2. The summed E-state index contributed by atoms with van der Waals surface area (Å²) < 4.78 is 26.5. The van der Waals surface area contributed by atoms with Crippen molar-refractivity contribution in [2.45, 2.75) is 37.7 Å². The normalized spacial score (nSPS) is 23.7. The van der Waals surface area contributed by atoms with E-state index in [4.69, 9.17) is 0 Å². The van der Waals surface area contributed by atoms with Crippen LogP contribution in [-0.2, 0) is 4.79 Å². The second-order valence-corrected chi connectivity index (χ2v) is 6.52. The molecule has 0 aromatic heterocycles. The van der Waals surface area contributed by atoms with Crippen LogP contribution in [0.3, 0.4) is 0 Å². The molecule has 3 nitrogen and oxygen atoms in total. The summed E-state index contributed by atoms with van der Waals surface area (Å²) >= 11 is 1.67. The maximum absolute atomic E-state index is 13.5. The van der Waals surface area contributed by atoms with E-state index < -0.39 is 17.8 Å². The van der Waals surface area contributed by atoms with Crippen LogP contribution in [0.4, 0.5) is 8.78 Å². The Morgan fingerprint density at radius 2 is 2.10 bits per heavy atom. The molecule has 116 valence electrons. The summed E-state index contributed by atoms with van der Waals surface area (Å²) in [6.07, 6.45) is 2.26. The number of hydrogen-bond donors (Lipinski definition) is 1. The standard InChI is InChI=1S/C15H20F2N2OS/c1-4-13-15(20)19(8-9(2)21-3)14(18-13)10-5-6-11(16)12(17)7-10/h5-7,9,13-14,18H,4,8H2,1-3H3. The van der Waals surface area contributed by atoms with Gasteiger partial charge in [-0.05, 0) is 30.4 Å². The molecule has 1 aliphatic heterocycles. The highest BCUT2D eigenvalue weighted by Crippen LogP contribution is 2.28. The van der Waals surface area contributed by atoms with Crippen LogP contribution in [0.25, 0.3) is 0 Å². The van der Waals surface area contributed by atoms with Gasteiger partial charge in [0.1, 0.15) is 6.17 Å². The van der Waals surface area contributed by atoms with Crippen molar-refractivity contribution in [1.82, 2.24) is 10.2 Å². The number of benzene rings is 1. The Bertz CT molecular complexity index is 526. The second-order valence-electron chi connectivity index (χ2n) is 5.24. The van der Waals surface area contributed by atoms with Gasteiger partial charge >= 0.3 is 0 Å². The molecule has 3 atom stereocenters. The van der Waals surface area contributed by atoms with Gasteiger partial charge in [-0.2, -0.15) is 11.8 Å². The first-order valence-electron chi connectivity index (χ1n) is 7.02. The molecule has 1 aromatic carbocycles. The summed E-state index contributed by atoms with van der Waals surface area (Å²) in [5.41, 5.74) is 0.575. The molecular weight excluding hydrogens is 294 g/mol. The smallest absolute Gasteiger partial charge is 0.241 e. The molecule has 1 heterocycles. The summed E-state index contributed by atoms with van der Waals surface area (Å²) in [7, 11) is 0. The Hall–Kier alpha value is -1.14. The highest BCUT2D eigenvalue weighted by Gasteiger charge is 2.39. The average molecular weight is 314 g/mol. The third-order valence-corrected chi connectivity index (χ3v) is 4.73. The van der Waals surface area contributed by atoms with E-state index in [1.807, 2.05) is 20.1 Å². The Morgan fingerprint density at radius 3 is 2.67 bits per heavy atom. The van der Waals surface area contributed by atoms with E-state index in [2.05, 4.69) is 5.32 Å². The van der Waals surface area contributed by atoms with Gasteiger partial charge in [-0.3, -0.25) is 10.1 Å². The third kappa shape index (κ3) is 3.37. The number of rotatable bonds is 5. The molecule has 1 amide bonds. The number of carbonyl (C=O) groups excluding carboxylic acids is 1. The minimum atomic E-state index is -0.889. The van der Waals surface area contributed by atoms with Crippen molar-refractivity contribution in [2.24, 2.45) is 0 Å². The monoisotopic (exact) mass is 314 g/mol. The fourth-order valence-corrected chi connectivity index (χ4v) is 2.79. The molecule has 6 heteroatoms. The zero-order valence-electron chi connectivity index (χ0n) is 12.4. The highest BCUT2D eigenvalue weighted by molar-refractivity contribution is 7.99. The maximum Gasteiger partial charge on any atom is 0.241 e. The SMILES string of the molecule is CCC1NC(c2ccc(F)c(F)c2)N(CC(C)SC)C1=O. The molecule has 1 fully saturated rings. The molecule has 1 aromatic rings. The largest absolute Gasteiger partial charge is 0.320 e. The lowest BCUT2D eigenvalue weighted by atomic mass is 10.1. The van der Waals surface area contributed by atoms with Gasteiger partial charge in [-0.1, -0.05) is 19.9 Å². The average Bonchev–Trinajstić information content (AvgIpc) is 2.78. The lowest BCUT2D eigenvalue weighted by Crippen LogP contribution is -2.35. The Labute approximate surface area is 128 Å². The van der Waals surface area contributed by atoms with Crippen molar-refractivity contribution in [2.75, 3.05) is 12.8 Å². The molecule has 1 saturated heterocycles. The van der Waals surface area contributed by atoms with Crippen molar-refractivity contribution >= 4 is 17.7 Å². The van der Waals surface area contributed by atoms with Crippen LogP contribution in [0.5, 0.6) is 0 Å². The molecule has 0 aliphatic carbocycles. The predicted molar refractivity (Wildman–Crippen MR) is 81.0 cm³/mol. The van der Waals surface area contributed by atoms with Crippen LogP contribution in [0.1, 0.15) is 32.0 Å². The number of nitrogens with zero attached hydrogens (tertiary/aromatic N) is 1. The summed E-state index contributed by atoms with van der Waals surface area (Å²) in [6, 6.07) is 3.52. The number of amides is 1. The van der Waals surface area contributed by atoms with Gasteiger partial charge in [-0.15, -0.1) is 0 Å². The third-order valence-electron chi connectivity index (χ3n) is 3.78. The lowest BCUT2D eigenvalue weighted by Gasteiger charge is -2.27. The van der Waals surface area contributed by atoms with Gasteiger partial charge in [0.05, 0.1) is 6.04 Å². The van der Waals surface area contributed by atoms with Crippen molar-refractivity contribution in [3.63, 3.8) is 0 Å². The fraction of sp³-hybridized carbons (Fsp3) is 0.533. The van der Waals surface area contributed by atoms with Crippen molar-refractivity contribution in [3.05, 3.63) is 35.4 Å². The van der Waals surface area contributed by atoms with E-state index in [0.717, 1.165) is 12.1 Å². The minimum absolute atomic E-state index is 0.0214. The van der Waals surface area contributed by atoms with Crippen molar-refractivity contribution in [3.8, 4) is 0 Å². The Morgan fingerprint density at radius 1 is 1.38 bits per heavy atom. The van der Waals surface area contributed by atoms with Crippen LogP contribution in [0.15, 0.2) is 18.2 Å². The van der Waals surface area contributed by atoms with E-state index in [1.54, 1.807) is 16.7 Å². The van der Waals surface area contributed by atoms with Crippen LogP contribution in [0, 0.1) is 11.6 Å². The lowest BCUT2D eigenvalue weighted by molar-refractivity contribution is -0.130. The molecule has 0 spiro atoms. The Balaban J connectivity index is 2.29. The summed E-state index contributed by atoms with van der Waals surface area (Å²) in [5.74, 6) is -1.74. The van der Waals surface area contributed by atoms with E-state index in [9.17, 15) is 13.6 Å². The number of nitrogens with one attached hydrogen (secondary N) is 1. The van der Waals surface area contributed by atoms with Gasteiger partial charge in [0.25, 0.3) is 0 Å². The van der Waals surface area contributed by atoms with Gasteiger partial charge in [0.2, 0.25) is 5.91 Å². The molecule has 0 saturated carbocycles. The molecule has 0 radical (unpaired) electrons. The minimum Gasteiger partial charge on any atom is -0.320 e. The number of carbonyl (C=O) groups is 1. The van der Waals surface area contributed by atoms with Crippen molar-refractivity contribution in [1.29, 1.82) is 0 Å². The fourth-order valence-electron chi connectivity index (χ4n) is 2.48. The first kappa shape index (κ1) is 16.2. The second kappa shape index (κ2) is 6.75. The molecular formula is C15H20F2N2OS.